The average molecular weight is 277 g/mol. The fourth-order valence-electron chi connectivity index (χ4n) is 2.60. The third-order valence-corrected chi connectivity index (χ3v) is 4.15. The van der Waals surface area contributed by atoms with Gasteiger partial charge in [0, 0.05) is 19.2 Å². The van der Waals surface area contributed by atoms with Crippen LogP contribution in [-0.2, 0) is 10.2 Å². The second kappa shape index (κ2) is 6.25. The first kappa shape index (κ1) is 15.5. The minimum atomic E-state index is -0.436. The molecule has 1 saturated heterocycles. The summed E-state index contributed by atoms with van der Waals surface area (Å²) in [5, 5.41) is 10.4. The van der Waals surface area contributed by atoms with Crippen molar-refractivity contribution in [2.24, 2.45) is 0 Å². The monoisotopic (exact) mass is 277 g/mol. The van der Waals surface area contributed by atoms with E-state index in [-0.39, 0.29) is 5.41 Å². The van der Waals surface area contributed by atoms with Crippen LogP contribution in [0.25, 0.3) is 0 Å². The second-order valence-corrected chi connectivity index (χ2v) is 6.84. The zero-order valence-electron chi connectivity index (χ0n) is 13.1. The molecule has 0 saturated carbocycles. The van der Waals surface area contributed by atoms with Gasteiger partial charge in [-0.25, -0.2) is 0 Å². The highest BCUT2D eigenvalue weighted by atomic mass is 16.5. The number of hydrogen-bond acceptors (Lipinski definition) is 3. The van der Waals surface area contributed by atoms with Crippen molar-refractivity contribution in [1.82, 2.24) is 4.90 Å². The van der Waals surface area contributed by atoms with Crippen LogP contribution in [0.5, 0.6) is 0 Å². The summed E-state index contributed by atoms with van der Waals surface area (Å²) in [6.07, 6.45) is 0.626. The van der Waals surface area contributed by atoms with E-state index in [0.29, 0.717) is 12.6 Å². The van der Waals surface area contributed by atoms with Gasteiger partial charge in [-0.05, 0) is 30.0 Å². The van der Waals surface area contributed by atoms with Crippen LogP contribution in [0, 0.1) is 0 Å². The van der Waals surface area contributed by atoms with Crippen molar-refractivity contribution in [2.75, 3.05) is 26.8 Å². The van der Waals surface area contributed by atoms with Gasteiger partial charge in [-0.3, -0.25) is 4.90 Å². The third-order valence-electron chi connectivity index (χ3n) is 4.15. The van der Waals surface area contributed by atoms with Crippen molar-refractivity contribution in [1.29, 1.82) is 0 Å². The van der Waals surface area contributed by atoms with Crippen LogP contribution < -0.4 is 0 Å². The van der Waals surface area contributed by atoms with Gasteiger partial charge in [-0.1, -0.05) is 45.0 Å². The first-order chi connectivity index (χ1) is 9.38. The Bertz CT molecular complexity index is 416. The van der Waals surface area contributed by atoms with Crippen molar-refractivity contribution in [3.05, 3.63) is 35.4 Å². The highest BCUT2D eigenvalue weighted by Crippen LogP contribution is 2.24. The SMILES string of the molecule is CN(CC(O)c1ccc(C(C)(C)C)cc1)C1CCOC1. The number of aliphatic hydroxyl groups excluding tert-OH is 1. The maximum Gasteiger partial charge on any atom is 0.0916 e. The Labute approximate surface area is 122 Å². The van der Waals surface area contributed by atoms with Crippen LogP contribution in [0.2, 0.25) is 0 Å². The zero-order valence-corrected chi connectivity index (χ0v) is 13.1. The molecule has 1 heterocycles. The minimum Gasteiger partial charge on any atom is -0.387 e. The van der Waals surface area contributed by atoms with Crippen molar-refractivity contribution in [3.8, 4) is 0 Å². The van der Waals surface area contributed by atoms with Crippen LogP contribution >= 0.6 is 0 Å². The zero-order chi connectivity index (χ0) is 14.8. The summed E-state index contributed by atoms with van der Waals surface area (Å²) in [5.74, 6) is 0. The van der Waals surface area contributed by atoms with E-state index in [1.54, 1.807) is 0 Å². The number of hydrogen-bond donors (Lipinski definition) is 1. The summed E-state index contributed by atoms with van der Waals surface area (Å²) in [6.45, 7) is 8.88. The molecule has 0 amide bonds. The molecule has 0 radical (unpaired) electrons. The van der Waals surface area contributed by atoms with Crippen molar-refractivity contribution < 1.29 is 9.84 Å². The lowest BCUT2D eigenvalue weighted by Gasteiger charge is -2.26. The normalized spacial score (nSPS) is 21.4. The summed E-state index contributed by atoms with van der Waals surface area (Å²) in [7, 11) is 2.06. The quantitative estimate of drug-likeness (QED) is 0.918. The number of aliphatic hydroxyl groups is 1. The molecule has 0 aromatic heterocycles. The van der Waals surface area contributed by atoms with Crippen LogP contribution in [0.15, 0.2) is 24.3 Å². The van der Waals surface area contributed by atoms with E-state index in [2.05, 4.69) is 44.9 Å². The predicted octanol–water partition coefficient (Wildman–Crippen LogP) is 2.74. The molecule has 0 aliphatic carbocycles. The molecule has 1 aromatic rings. The van der Waals surface area contributed by atoms with Crippen LogP contribution in [0.3, 0.4) is 0 Å². The fraction of sp³-hybridized carbons (Fsp3) is 0.647. The molecule has 2 unspecified atom stereocenters. The molecule has 1 N–H and O–H groups in total. The summed E-state index contributed by atoms with van der Waals surface area (Å²) in [6, 6.07) is 8.78. The second-order valence-electron chi connectivity index (χ2n) is 6.84. The smallest absolute Gasteiger partial charge is 0.0916 e. The van der Waals surface area contributed by atoms with Gasteiger partial charge in [-0.2, -0.15) is 0 Å². The van der Waals surface area contributed by atoms with E-state index in [4.69, 9.17) is 4.74 Å². The molecule has 2 rings (SSSR count). The third kappa shape index (κ3) is 3.81. The molecule has 1 aliphatic heterocycles. The molecule has 3 nitrogen and oxygen atoms in total. The Hall–Kier alpha value is -0.900. The van der Waals surface area contributed by atoms with E-state index in [0.717, 1.165) is 25.2 Å². The van der Waals surface area contributed by atoms with E-state index < -0.39 is 6.10 Å². The Morgan fingerprint density at radius 1 is 1.30 bits per heavy atom. The molecular weight excluding hydrogens is 250 g/mol. The Balaban J connectivity index is 1.96. The minimum absolute atomic E-state index is 0.154. The molecule has 3 heteroatoms. The molecule has 20 heavy (non-hydrogen) atoms. The average Bonchev–Trinajstić information content (AvgIpc) is 2.91. The first-order valence-electron chi connectivity index (χ1n) is 7.44. The lowest BCUT2D eigenvalue weighted by Crippen LogP contribution is -2.35. The standard InChI is InChI=1S/C17H27NO2/c1-17(2,3)14-7-5-13(6-8-14)16(19)11-18(4)15-9-10-20-12-15/h5-8,15-16,19H,9-12H2,1-4H3. The largest absolute Gasteiger partial charge is 0.387 e. The van der Waals surface area contributed by atoms with E-state index in [1.807, 2.05) is 12.1 Å². The van der Waals surface area contributed by atoms with E-state index >= 15 is 0 Å². The summed E-state index contributed by atoms with van der Waals surface area (Å²) < 4.78 is 5.40. The molecule has 112 valence electrons. The van der Waals surface area contributed by atoms with Gasteiger partial charge in [0.15, 0.2) is 0 Å². The maximum absolute atomic E-state index is 10.4. The molecule has 1 aliphatic rings. The van der Waals surface area contributed by atoms with Gasteiger partial charge in [0.05, 0.1) is 12.7 Å². The Morgan fingerprint density at radius 3 is 2.45 bits per heavy atom. The van der Waals surface area contributed by atoms with Crippen molar-refractivity contribution in [2.45, 2.75) is 44.8 Å². The van der Waals surface area contributed by atoms with Crippen molar-refractivity contribution in [3.63, 3.8) is 0 Å². The summed E-state index contributed by atoms with van der Waals surface area (Å²) in [4.78, 5) is 2.20. The van der Waals surface area contributed by atoms with E-state index in [9.17, 15) is 5.11 Å². The number of likely N-dealkylation sites (N-methyl/N-ethyl adjacent to an activating group) is 1. The van der Waals surface area contributed by atoms with Crippen LogP contribution in [-0.4, -0.2) is 42.9 Å². The number of benzene rings is 1. The molecule has 1 fully saturated rings. The van der Waals surface area contributed by atoms with Crippen LogP contribution in [0.4, 0.5) is 0 Å². The molecular formula is C17H27NO2. The first-order valence-corrected chi connectivity index (χ1v) is 7.44. The fourth-order valence-corrected chi connectivity index (χ4v) is 2.60. The Morgan fingerprint density at radius 2 is 1.95 bits per heavy atom. The van der Waals surface area contributed by atoms with Gasteiger partial charge < -0.3 is 9.84 Å². The molecule has 0 bridgehead atoms. The van der Waals surface area contributed by atoms with Gasteiger partial charge in [0.1, 0.15) is 0 Å². The van der Waals surface area contributed by atoms with Crippen LogP contribution in [0.1, 0.15) is 44.4 Å². The topological polar surface area (TPSA) is 32.7 Å². The molecule has 2 atom stereocenters. The van der Waals surface area contributed by atoms with E-state index in [1.165, 1.54) is 5.56 Å². The maximum atomic E-state index is 10.4. The predicted molar refractivity (Wildman–Crippen MR) is 82.0 cm³/mol. The van der Waals surface area contributed by atoms with Gasteiger partial charge in [0.2, 0.25) is 0 Å². The van der Waals surface area contributed by atoms with Crippen molar-refractivity contribution >= 4 is 0 Å². The Kier molecular flexibility index (Phi) is 4.84. The number of nitrogens with zero attached hydrogens (tertiary/aromatic N) is 1. The summed E-state index contributed by atoms with van der Waals surface area (Å²) >= 11 is 0. The lowest BCUT2D eigenvalue weighted by molar-refractivity contribution is 0.0950. The van der Waals surface area contributed by atoms with Gasteiger partial charge >= 0.3 is 0 Å². The van der Waals surface area contributed by atoms with Gasteiger partial charge in [0.25, 0.3) is 0 Å². The molecule has 1 aromatic carbocycles. The summed E-state index contributed by atoms with van der Waals surface area (Å²) in [5.41, 5.74) is 2.44. The molecule has 0 spiro atoms. The van der Waals surface area contributed by atoms with Gasteiger partial charge in [-0.15, -0.1) is 0 Å². The lowest BCUT2D eigenvalue weighted by atomic mass is 9.86. The number of ether oxygens (including phenoxy) is 1. The number of rotatable bonds is 4. The highest BCUT2D eigenvalue weighted by molar-refractivity contribution is 5.28. The highest BCUT2D eigenvalue weighted by Gasteiger charge is 2.22.